The molecule has 0 amide bonds. The van der Waals surface area contributed by atoms with E-state index < -0.39 is 0 Å². The van der Waals surface area contributed by atoms with Gasteiger partial charge in [0.05, 0.1) is 0 Å². The van der Waals surface area contributed by atoms with Crippen molar-refractivity contribution >= 4 is 27.9 Å². The lowest BCUT2D eigenvalue weighted by Gasteiger charge is -2.05. The van der Waals surface area contributed by atoms with Crippen LogP contribution < -0.4 is 0 Å². The number of rotatable bonds is 4. The van der Waals surface area contributed by atoms with Crippen LogP contribution in [0, 0.1) is 0 Å². The van der Waals surface area contributed by atoms with Gasteiger partial charge in [-0.25, -0.2) is 0 Å². The van der Waals surface area contributed by atoms with Crippen LogP contribution in [0.1, 0.15) is 10.4 Å². The van der Waals surface area contributed by atoms with Crippen LogP contribution in [-0.2, 0) is 17.6 Å². The van der Waals surface area contributed by atoms with E-state index in [1.165, 1.54) is 10.8 Å². The molecule has 0 N–H and O–H groups in total. The Hall–Kier alpha value is -1.93. The zero-order valence-electron chi connectivity index (χ0n) is 10.5. The van der Waals surface area contributed by atoms with Crippen molar-refractivity contribution in [3.8, 4) is 0 Å². The van der Waals surface area contributed by atoms with E-state index in [9.17, 15) is 4.79 Å². The molecule has 3 aromatic rings. The van der Waals surface area contributed by atoms with E-state index >= 15 is 0 Å². The maximum absolute atomic E-state index is 12.1. The van der Waals surface area contributed by atoms with E-state index in [-0.39, 0.29) is 5.78 Å². The van der Waals surface area contributed by atoms with Gasteiger partial charge in [0.15, 0.2) is 0 Å². The first kappa shape index (κ1) is 12.1. The third kappa shape index (κ3) is 2.74. The molecule has 94 valence electrons. The quantitative estimate of drug-likeness (QED) is 0.689. The standard InChI is InChI=1S/C17H14OS/c18-15(12-16-8-4-10-19-16)11-14-7-3-6-13-5-1-2-9-17(13)14/h1-10H,11-12H2. The van der Waals surface area contributed by atoms with Gasteiger partial charge in [0.2, 0.25) is 0 Å². The molecule has 0 bridgehead atoms. The van der Waals surface area contributed by atoms with Crippen molar-refractivity contribution in [3.05, 3.63) is 70.4 Å². The van der Waals surface area contributed by atoms with Crippen molar-refractivity contribution < 1.29 is 4.79 Å². The lowest BCUT2D eigenvalue weighted by Crippen LogP contribution is -2.05. The number of benzene rings is 2. The molecule has 2 aromatic carbocycles. The second kappa shape index (κ2) is 5.37. The minimum Gasteiger partial charge on any atom is -0.299 e. The molecule has 2 heteroatoms. The molecule has 0 saturated heterocycles. The Morgan fingerprint density at radius 1 is 0.895 bits per heavy atom. The summed E-state index contributed by atoms with van der Waals surface area (Å²) < 4.78 is 0. The Bertz CT molecular complexity index is 693. The molecule has 3 rings (SSSR count). The molecule has 19 heavy (non-hydrogen) atoms. The second-order valence-electron chi connectivity index (χ2n) is 4.61. The van der Waals surface area contributed by atoms with E-state index in [0.717, 1.165) is 10.4 Å². The van der Waals surface area contributed by atoms with E-state index in [1.807, 2.05) is 35.7 Å². The molecule has 1 heterocycles. The average molecular weight is 266 g/mol. The van der Waals surface area contributed by atoms with Crippen molar-refractivity contribution in [1.82, 2.24) is 0 Å². The van der Waals surface area contributed by atoms with Gasteiger partial charge in [0.1, 0.15) is 5.78 Å². The number of ketones is 1. The van der Waals surface area contributed by atoms with Gasteiger partial charge in [0, 0.05) is 17.7 Å². The Morgan fingerprint density at radius 3 is 2.58 bits per heavy atom. The van der Waals surface area contributed by atoms with Crippen molar-refractivity contribution in [2.75, 3.05) is 0 Å². The summed E-state index contributed by atoms with van der Waals surface area (Å²) in [4.78, 5) is 13.3. The average Bonchev–Trinajstić information content (AvgIpc) is 2.92. The fraction of sp³-hybridized carbons (Fsp3) is 0.118. The molecule has 0 radical (unpaired) electrons. The van der Waals surface area contributed by atoms with Gasteiger partial charge < -0.3 is 0 Å². The molecule has 1 nitrogen and oxygen atoms in total. The SMILES string of the molecule is O=C(Cc1cccs1)Cc1cccc2ccccc12. The van der Waals surface area contributed by atoms with Crippen molar-refractivity contribution in [2.45, 2.75) is 12.8 Å². The molecule has 0 saturated carbocycles. The summed E-state index contributed by atoms with van der Waals surface area (Å²) in [5.74, 6) is 0.277. The molecule has 0 aliphatic heterocycles. The van der Waals surface area contributed by atoms with Crippen LogP contribution in [0.25, 0.3) is 10.8 Å². The van der Waals surface area contributed by atoms with E-state index in [0.29, 0.717) is 12.8 Å². The predicted octanol–water partition coefficient (Wildman–Crippen LogP) is 4.26. The summed E-state index contributed by atoms with van der Waals surface area (Å²) >= 11 is 1.64. The fourth-order valence-corrected chi connectivity index (χ4v) is 3.06. The van der Waals surface area contributed by atoms with Gasteiger partial charge in [-0.1, -0.05) is 48.5 Å². The minimum atomic E-state index is 0.277. The molecule has 0 atom stereocenters. The van der Waals surface area contributed by atoms with Gasteiger partial charge in [-0.2, -0.15) is 0 Å². The highest BCUT2D eigenvalue weighted by Gasteiger charge is 2.08. The van der Waals surface area contributed by atoms with Gasteiger partial charge in [-0.15, -0.1) is 11.3 Å². The molecule has 0 fully saturated rings. The van der Waals surface area contributed by atoms with Gasteiger partial charge >= 0.3 is 0 Å². The first-order valence-corrected chi connectivity index (χ1v) is 7.21. The first-order chi connectivity index (χ1) is 9.33. The molecular weight excluding hydrogens is 252 g/mol. The number of Topliss-reactive ketones (excluding diaryl/α,β-unsaturated/α-hetero) is 1. The van der Waals surface area contributed by atoms with Crippen LogP contribution in [-0.4, -0.2) is 5.78 Å². The van der Waals surface area contributed by atoms with Crippen LogP contribution >= 0.6 is 11.3 Å². The maximum Gasteiger partial charge on any atom is 0.142 e. The highest BCUT2D eigenvalue weighted by molar-refractivity contribution is 7.10. The first-order valence-electron chi connectivity index (χ1n) is 6.33. The van der Waals surface area contributed by atoms with E-state index in [2.05, 4.69) is 24.3 Å². The van der Waals surface area contributed by atoms with Crippen molar-refractivity contribution in [3.63, 3.8) is 0 Å². The van der Waals surface area contributed by atoms with Gasteiger partial charge in [0.25, 0.3) is 0 Å². The highest BCUT2D eigenvalue weighted by Crippen LogP contribution is 2.20. The van der Waals surface area contributed by atoms with E-state index in [1.54, 1.807) is 11.3 Å². The zero-order chi connectivity index (χ0) is 13.1. The summed E-state index contributed by atoms with van der Waals surface area (Å²) in [7, 11) is 0. The van der Waals surface area contributed by atoms with Gasteiger partial charge in [-0.05, 0) is 27.8 Å². The highest BCUT2D eigenvalue weighted by atomic mass is 32.1. The van der Waals surface area contributed by atoms with Crippen LogP contribution in [0.15, 0.2) is 60.0 Å². The number of hydrogen-bond donors (Lipinski definition) is 0. The number of thiophene rings is 1. The van der Waals surface area contributed by atoms with Gasteiger partial charge in [-0.3, -0.25) is 4.79 Å². The lowest BCUT2D eigenvalue weighted by molar-refractivity contribution is -0.117. The molecular formula is C17H14OS. The number of fused-ring (bicyclic) bond motifs is 1. The minimum absolute atomic E-state index is 0.277. The normalized spacial score (nSPS) is 10.7. The Morgan fingerprint density at radius 2 is 1.74 bits per heavy atom. The predicted molar refractivity (Wildman–Crippen MR) is 80.7 cm³/mol. The van der Waals surface area contributed by atoms with E-state index in [4.69, 9.17) is 0 Å². The van der Waals surface area contributed by atoms with Crippen molar-refractivity contribution in [2.24, 2.45) is 0 Å². The summed E-state index contributed by atoms with van der Waals surface area (Å²) in [6, 6.07) is 18.4. The Labute approximate surface area is 116 Å². The monoisotopic (exact) mass is 266 g/mol. The largest absolute Gasteiger partial charge is 0.299 e. The maximum atomic E-state index is 12.1. The fourth-order valence-electron chi connectivity index (χ4n) is 2.33. The Kier molecular flexibility index (Phi) is 3.43. The summed E-state index contributed by atoms with van der Waals surface area (Å²) in [5, 5.41) is 4.40. The van der Waals surface area contributed by atoms with Crippen LogP contribution in [0.5, 0.6) is 0 Å². The Balaban J connectivity index is 1.83. The number of hydrogen-bond acceptors (Lipinski definition) is 2. The van der Waals surface area contributed by atoms with Crippen LogP contribution in [0.3, 0.4) is 0 Å². The molecule has 1 aromatic heterocycles. The number of carbonyl (C=O) groups excluding carboxylic acids is 1. The smallest absolute Gasteiger partial charge is 0.142 e. The molecule has 0 aliphatic rings. The summed E-state index contributed by atoms with van der Waals surface area (Å²) in [6.45, 7) is 0. The third-order valence-electron chi connectivity index (χ3n) is 3.22. The topological polar surface area (TPSA) is 17.1 Å². The van der Waals surface area contributed by atoms with Crippen LogP contribution in [0.4, 0.5) is 0 Å². The number of carbonyl (C=O) groups is 1. The summed E-state index contributed by atoms with van der Waals surface area (Å²) in [6.07, 6.45) is 1.06. The van der Waals surface area contributed by atoms with Crippen LogP contribution in [0.2, 0.25) is 0 Å². The summed E-state index contributed by atoms with van der Waals surface area (Å²) in [5.41, 5.74) is 1.12. The lowest BCUT2D eigenvalue weighted by atomic mass is 9.99. The molecule has 0 unspecified atom stereocenters. The molecule has 0 aliphatic carbocycles. The third-order valence-corrected chi connectivity index (χ3v) is 4.10. The van der Waals surface area contributed by atoms with Crippen molar-refractivity contribution in [1.29, 1.82) is 0 Å². The zero-order valence-corrected chi connectivity index (χ0v) is 11.3. The molecule has 0 spiro atoms. The second-order valence-corrected chi connectivity index (χ2v) is 5.64.